The molecule has 0 spiro atoms. The number of carbonyl (C=O) groups is 1. The zero-order valence-corrected chi connectivity index (χ0v) is 11.7. The van der Waals surface area contributed by atoms with Crippen molar-refractivity contribution < 1.29 is 19.4 Å². The summed E-state index contributed by atoms with van der Waals surface area (Å²) < 4.78 is 10.2. The Hall–Kier alpha value is -1.95. The highest BCUT2D eigenvalue weighted by molar-refractivity contribution is 5.78. The summed E-state index contributed by atoms with van der Waals surface area (Å²) in [5.41, 5.74) is 0.945. The number of aromatic hydroxyl groups is 1. The number of benzene rings is 1. The minimum Gasteiger partial charge on any atom is -0.502 e. The molecular formula is C14H20N2O4. The van der Waals surface area contributed by atoms with Gasteiger partial charge in [-0.3, -0.25) is 4.79 Å². The molecule has 1 aliphatic heterocycles. The van der Waals surface area contributed by atoms with Crippen LogP contribution in [0.3, 0.4) is 0 Å². The van der Waals surface area contributed by atoms with E-state index in [0.29, 0.717) is 24.5 Å². The number of ether oxygens (including phenoxy) is 2. The Labute approximate surface area is 118 Å². The lowest BCUT2D eigenvalue weighted by molar-refractivity contribution is -0.119. The van der Waals surface area contributed by atoms with Crippen LogP contribution < -0.4 is 20.1 Å². The summed E-state index contributed by atoms with van der Waals surface area (Å²) in [6, 6.07) is 3.72. The van der Waals surface area contributed by atoms with Gasteiger partial charge in [-0.1, -0.05) is 0 Å². The highest BCUT2D eigenvalue weighted by atomic mass is 16.5. The lowest BCUT2D eigenvalue weighted by atomic mass is 10.1. The van der Waals surface area contributed by atoms with E-state index in [1.165, 1.54) is 14.2 Å². The molecule has 2 rings (SSSR count). The molecule has 6 heteroatoms. The summed E-state index contributed by atoms with van der Waals surface area (Å²) in [4.78, 5) is 11.1. The molecule has 110 valence electrons. The Morgan fingerprint density at radius 2 is 2.00 bits per heavy atom. The second-order valence-electron chi connectivity index (χ2n) is 4.78. The number of phenols is 1. The Morgan fingerprint density at radius 3 is 2.50 bits per heavy atom. The molecule has 0 bridgehead atoms. The van der Waals surface area contributed by atoms with E-state index >= 15 is 0 Å². The predicted octanol–water partition coefficient (Wildman–Crippen LogP) is 0.778. The van der Waals surface area contributed by atoms with Crippen LogP contribution in [0.25, 0.3) is 0 Å². The summed E-state index contributed by atoms with van der Waals surface area (Å²) in [5.74, 6) is 0.886. The minimum atomic E-state index is 0.00167. The first-order valence-corrected chi connectivity index (χ1v) is 6.58. The van der Waals surface area contributed by atoms with E-state index in [1.807, 2.05) is 0 Å². The second-order valence-corrected chi connectivity index (χ2v) is 4.78. The van der Waals surface area contributed by atoms with Gasteiger partial charge >= 0.3 is 0 Å². The number of carbonyl (C=O) groups excluding carboxylic acids is 1. The fourth-order valence-corrected chi connectivity index (χ4v) is 2.27. The molecule has 1 unspecified atom stereocenters. The molecule has 1 aliphatic rings. The molecule has 1 atom stereocenters. The fraction of sp³-hybridized carbons (Fsp3) is 0.500. The van der Waals surface area contributed by atoms with Gasteiger partial charge in [-0.2, -0.15) is 0 Å². The Bertz CT molecular complexity index is 465. The third-order valence-corrected chi connectivity index (χ3v) is 3.34. The Morgan fingerprint density at radius 1 is 1.35 bits per heavy atom. The van der Waals surface area contributed by atoms with Gasteiger partial charge in [-0.15, -0.1) is 0 Å². The first kappa shape index (κ1) is 14.5. The lowest BCUT2D eigenvalue weighted by Gasteiger charge is -2.14. The zero-order valence-electron chi connectivity index (χ0n) is 11.7. The molecule has 0 aromatic heterocycles. The van der Waals surface area contributed by atoms with Crippen molar-refractivity contribution in [1.82, 2.24) is 10.6 Å². The molecule has 3 N–H and O–H groups in total. The summed E-state index contributed by atoms with van der Waals surface area (Å²) >= 11 is 0. The first-order chi connectivity index (χ1) is 9.63. The average Bonchev–Trinajstić information content (AvgIpc) is 2.86. The van der Waals surface area contributed by atoms with E-state index in [4.69, 9.17) is 9.47 Å². The second kappa shape index (κ2) is 6.47. The molecule has 0 radical (unpaired) electrons. The van der Waals surface area contributed by atoms with Crippen LogP contribution in [0.15, 0.2) is 12.1 Å². The average molecular weight is 280 g/mol. The molecular weight excluding hydrogens is 260 g/mol. The van der Waals surface area contributed by atoms with Gasteiger partial charge in [0.1, 0.15) is 0 Å². The molecule has 1 saturated heterocycles. The maximum Gasteiger partial charge on any atom is 0.220 e. The number of hydrogen-bond donors (Lipinski definition) is 3. The number of phenolic OH excluding ortho intramolecular Hbond substituents is 1. The van der Waals surface area contributed by atoms with Crippen molar-refractivity contribution in [3.05, 3.63) is 17.7 Å². The molecule has 1 fully saturated rings. The van der Waals surface area contributed by atoms with Gasteiger partial charge in [-0.25, -0.2) is 0 Å². The van der Waals surface area contributed by atoms with Crippen LogP contribution in [0.2, 0.25) is 0 Å². The molecule has 1 aromatic rings. The van der Waals surface area contributed by atoms with E-state index < -0.39 is 0 Å². The standard InChI is InChI=1S/C14H20N2O4/c1-19-11-5-9(6-12(20-2)14(11)18)7-15-8-10-3-4-13(17)16-10/h5-6,10,15,18H,3-4,7-8H2,1-2H3,(H,16,17). The fourth-order valence-electron chi connectivity index (χ4n) is 2.27. The van der Waals surface area contributed by atoms with Crippen molar-refractivity contribution >= 4 is 5.91 Å². The van der Waals surface area contributed by atoms with Crippen LogP contribution in [-0.4, -0.2) is 37.8 Å². The van der Waals surface area contributed by atoms with Crippen molar-refractivity contribution in [2.45, 2.75) is 25.4 Å². The van der Waals surface area contributed by atoms with E-state index in [1.54, 1.807) is 12.1 Å². The molecule has 0 aliphatic carbocycles. The number of hydrogen-bond acceptors (Lipinski definition) is 5. The van der Waals surface area contributed by atoms with Crippen molar-refractivity contribution in [3.8, 4) is 17.2 Å². The predicted molar refractivity (Wildman–Crippen MR) is 74.1 cm³/mol. The van der Waals surface area contributed by atoms with Gasteiger partial charge < -0.3 is 25.2 Å². The maximum absolute atomic E-state index is 11.1. The van der Waals surface area contributed by atoms with Crippen LogP contribution in [0, 0.1) is 0 Å². The van der Waals surface area contributed by atoms with Crippen LogP contribution in [-0.2, 0) is 11.3 Å². The molecule has 0 saturated carbocycles. The SMILES string of the molecule is COc1cc(CNCC2CCC(=O)N2)cc(OC)c1O. The highest BCUT2D eigenvalue weighted by Crippen LogP contribution is 2.36. The van der Waals surface area contributed by atoms with Gasteiger partial charge in [-0.05, 0) is 24.1 Å². The van der Waals surface area contributed by atoms with Gasteiger partial charge in [0.2, 0.25) is 11.7 Å². The van der Waals surface area contributed by atoms with Crippen LogP contribution >= 0.6 is 0 Å². The highest BCUT2D eigenvalue weighted by Gasteiger charge is 2.20. The maximum atomic E-state index is 11.1. The van der Waals surface area contributed by atoms with Crippen LogP contribution in [0.4, 0.5) is 0 Å². The summed E-state index contributed by atoms with van der Waals surface area (Å²) in [7, 11) is 3.00. The van der Waals surface area contributed by atoms with Crippen LogP contribution in [0.5, 0.6) is 17.2 Å². The number of methoxy groups -OCH3 is 2. The van der Waals surface area contributed by atoms with E-state index in [2.05, 4.69) is 10.6 Å². The largest absolute Gasteiger partial charge is 0.502 e. The Kier molecular flexibility index (Phi) is 4.68. The summed E-state index contributed by atoms with van der Waals surface area (Å²) in [6.07, 6.45) is 1.47. The van der Waals surface area contributed by atoms with Gasteiger partial charge in [0.15, 0.2) is 11.5 Å². The van der Waals surface area contributed by atoms with E-state index in [-0.39, 0.29) is 17.7 Å². The molecule has 1 aromatic carbocycles. The molecule has 1 heterocycles. The molecule has 1 amide bonds. The first-order valence-electron chi connectivity index (χ1n) is 6.58. The lowest BCUT2D eigenvalue weighted by Crippen LogP contribution is -2.35. The minimum absolute atomic E-state index is 0.00167. The third kappa shape index (κ3) is 3.33. The van der Waals surface area contributed by atoms with E-state index in [0.717, 1.165) is 18.5 Å². The topological polar surface area (TPSA) is 79.8 Å². The summed E-state index contributed by atoms with van der Waals surface area (Å²) in [5, 5.41) is 16.0. The molecule has 20 heavy (non-hydrogen) atoms. The third-order valence-electron chi connectivity index (χ3n) is 3.34. The van der Waals surface area contributed by atoms with Gasteiger partial charge in [0, 0.05) is 25.6 Å². The number of nitrogens with one attached hydrogen (secondary N) is 2. The number of rotatable bonds is 6. The quantitative estimate of drug-likeness (QED) is 0.717. The van der Waals surface area contributed by atoms with Crippen molar-refractivity contribution in [2.75, 3.05) is 20.8 Å². The summed E-state index contributed by atoms with van der Waals surface area (Å²) in [6.45, 7) is 1.33. The van der Waals surface area contributed by atoms with Crippen molar-refractivity contribution in [3.63, 3.8) is 0 Å². The normalized spacial score (nSPS) is 17.9. The van der Waals surface area contributed by atoms with E-state index in [9.17, 15) is 9.90 Å². The number of amides is 1. The van der Waals surface area contributed by atoms with Gasteiger partial charge in [0.05, 0.1) is 14.2 Å². The monoisotopic (exact) mass is 280 g/mol. The molecule has 6 nitrogen and oxygen atoms in total. The Balaban J connectivity index is 1.93. The zero-order chi connectivity index (χ0) is 14.5. The van der Waals surface area contributed by atoms with Crippen LogP contribution in [0.1, 0.15) is 18.4 Å². The van der Waals surface area contributed by atoms with Crippen molar-refractivity contribution in [1.29, 1.82) is 0 Å². The van der Waals surface area contributed by atoms with Crippen molar-refractivity contribution in [2.24, 2.45) is 0 Å². The van der Waals surface area contributed by atoms with Gasteiger partial charge in [0.25, 0.3) is 0 Å². The smallest absolute Gasteiger partial charge is 0.220 e.